The highest BCUT2D eigenvalue weighted by atomic mass is 14.9. The summed E-state index contributed by atoms with van der Waals surface area (Å²) in [6.07, 6.45) is 8.05. The second-order valence-electron chi connectivity index (χ2n) is 6.98. The van der Waals surface area contributed by atoms with Crippen molar-refractivity contribution in [1.29, 1.82) is 0 Å². The van der Waals surface area contributed by atoms with Gasteiger partial charge in [0, 0.05) is 19.3 Å². The average molecular weight is 190 g/mol. The standard InChI is InChI=1S/C13H20N/c1-11-4-10-5-12(2,7-11)9-13(6-10,8-11)14-3/h3,10H,4-9H2,1-2H3/q+1. The molecule has 0 aromatic carbocycles. The monoisotopic (exact) mass is 190 g/mol. The zero-order chi connectivity index (χ0) is 10.0. The van der Waals surface area contributed by atoms with E-state index >= 15 is 0 Å². The molecule has 0 amide bonds. The third kappa shape index (κ3) is 1.00. The Labute approximate surface area is 86.7 Å². The first-order chi connectivity index (χ1) is 6.47. The van der Waals surface area contributed by atoms with Gasteiger partial charge < -0.3 is 0 Å². The second kappa shape index (κ2) is 2.18. The minimum atomic E-state index is 0.170. The largest absolute Gasteiger partial charge is 0.282 e. The van der Waals surface area contributed by atoms with Crippen molar-refractivity contribution in [2.75, 3.05) is 0 Å². The lowest BCUT2D eigenvalue weighted by atomic mass is 9.43. The van der Waals surface area contributed by atoms with E-state index in [-0.39, 0.29) is 5.54 Å². The van der Waals surface area contributed by atoms with Crippen LogP contribution in [0.5, 0.6) is 0 Å². The van der Waals surface area contributed by atoms with Crippen LogP contribution in [0.3, 0.4) is 0 Å². The molecular weight excluding hydrogens is 170 g/mol. The molecule has 0 aromatic rings. The van der Waals surface area contributed by atoms with Crippen LogP contribution in [0.15, 0.2) is 0 Å². The Morgan fingerprint density at radius 2 is 1.57 bits per heavy atom. The van der Waals surface area contributed by atoms with Crippen LogP contribution in [-0.4, -0.2) is 5.54 Å². The molecule has 4 aliphatic rings. The van der Waals surface area contributed by atoms with Gasteiger partial charge in [0.15, 0.2) is 0 Å². The molecule has 1 heteroatoms. The van der Waals surface area contributed by atoms with E-state index in [0.717, 1.165) is 5.92 Å². The van der Waals surface area contributed by atoms with E-state index in [1.807, 2.05) is 0 Å². The van der Waals surface area contributed by atoms with Crippen LogP contribution in [0.25, 0.3) is 4.85 Å². The molecule has 14 heavy (non-hydrogen) atoms. The van der Waals surface area contributed by atoms with Gasteiger partial charge in [-0.2, -0.15) is 0 Å². The highest BCUT2D eigenvalue weighted by molar-refractivity contribution is 5.19. The first-order valence-electron chi connectivity index (χ1n) is 5.89. The summed E-state index contributed by atoms with van der Waals surface area (Å²) in [4.78, 5) is 4.27. The molecule has 2 unspecified atom stereocenters. The third-order valence-electron chi connectivity index (χ3n) is 4.87. The molecule has 0 aromatic heterocycles. The Morgan fingerprint density at radius 1 is 1.00 bits per heavy atom. The van der Waals surface area contributed by atoms with Crippen molar-refractivity contribution in [3.8, 4) is 6.57 Å². The molecule has 0 spiro atoms. The zero-order valence-corrected chi connectivity index (χ0v) is 9.34. The van der Waals surface area contributed by atoms with Crippen LogP contribution in [0.4, 0.5) is 0 Å². The predicted molar refractivity (Wildman–Crippen MR) is 58.4 cm³/mol. The maximum atomic E-state index is 5.67. The molecule has 0 N–H and O–H groups in total. The first kappa shape index (κ1) is 8.77. The smallest absolute Gasteiger partial charge is 0.0803 e. The van der Waals surface area contributed by atoms with E-state index in [1.165, 1.54) is 38.5 Å². The first-order valence-corrected chi connectivity index (χ1v) is 5.89. The highest BCUT2D eigenvalue weighted by Crippen LogP contribution is 2.67. The molecule has 4 bridgehead atoms. The predicted octanol–water partition coefficient (Wildman–Crippen LogP) is 3.70. The van der Waals surface area contributed by atoms with E-state index in [1.54, 1.807) is 0 Å². The van der Waals surface area contributed by atoms with Crippen molar-refractivity contribution in [3.63, 3.8) is 0 Å². The summed E-state index contributed by atoms with van der Waals surface area (Å²) >= 11 is 0. The maximum absolute atomic E-state index is 5.67. The normalized spacial score (nSPS) is 59.9. The van der Waals surface area contributed by atoms with Gasteiger partial charge in [-0.15, -0.1) is 0 Å². The molecular formula is C13H20N+. The second-order valence-corrected chi connectivity index (χ2v) is 6.98. The number of hydrogen-bond acceptors (Lipinski definition) is 0. The van der Waals surface area contributed by atoms with Gasteiger partial charge in [-0.25, -0.2) is 0 Å². The van der Waals surface area contributed by atoms with Crippen LogP contribution in [-0.2, 0) is 0 Å². The lowest BCUT2D eigenvalue weighted by molar-refractivity contribution is -0.0917. The van der Waals surface area contributed by atoms with E-state index in [2.05, 4.69) is 18.7 Å². The van der Waals surface area contributed by atoms with E-state index in [4.69, 9.17) is 6.57 Å². The number of rotatable bonds is 0. The quantitative estimate of drug-likeness (QED) is 0.548. The average Bonchev–Trinajstić information content (AvgIpc) is 1.97. The molecule has 4 aliphatic carbocycles. The van der Waals surface area contributed by atoms with Crippen molar-refractivity contribution in [2.45, 2.75) is 57.9 Å². The van der Waals surface area contributed by atoms with Crippen molar-refractivity contribution < 1.29 is 0 Å². The molecule has 2 atom stereocenters. The summed E-state index contributed by atoms with van der Waals surface area (Å²) in [6, 6.07) is 0. The number of hydrogen-bond donors (Lipinski definition) is 0. The Balaban J connectivity index is 2.06. The lowest BCUT2D eigenvalue weighted by Gasteiger charge is -2.59. The highest BCUT2D eigenvalue weighted by Gasteiger charge is 2.65. The van der Waals surface area contributed by atoms with Crippen LogP contribution in [0.1, 0.15) is 52.4 Å². The molecule has 0 heterocycles. The fraction of sp³-hybridized carbons (Fsp3) is 0.923. The Morgan fingerprint density at radius 3 is 2.00 bits per heavy atom. The Kier molecular flexibility index (Phi) is 1.37. The minimum Gasteiger partial charge on any atom is -0.0803 e. The third-order valence-corrected chi connectivity index (χ3v) is 4.87. The molecule has 0 saturated heterocycles. The van der Waals surface area contributed by atoms with Gasteiger partial charge in [0.05, 0.1) is 0 Å². The van der Waals surface area contributed by atoms with Crippen molar-refractivity contribution >= 4 is 0 Å². The molecule has 4 rings (SSSR count). The SMILES string of the molecule is C#[N+]C12CC3CC(C)(CC(C)(C3)C1)C2. The summed E-state index contributed by atoms with van der Waals surface area (Å²) in [6.45, 7) is 10.6. The number of nitrogens with zero attached hydrogens (tertiary/aromatic N) is 1. The van der Waals surface area contributed by atoms with E-state index in [9.17, 15) is 0 Å². The van der Waals surface area contributed by atoms with Crippen LogP contribution in [0, 0.1) is 23.3 Å². The van der Waals surface area contributed by atoms with Gasteiger partial charge in [0.25, 0.3) is 12.1 Å². The molecule has 76 valence electrons. The maximum Gasteiger partial charge on any atom is 0.282 e. The topological polar surface area (TPSA) is 4.36 Å². The summed E-state index contributed by atoms with van der Waals surface area (Å²) in [5.74, 6) is 0.911. The molecule has 1 nitrogen and oxygen atoms in total. The summed E-state index contributed by atoms with van der Waals surface area (Å²) < 4.78 is 0. The van der Waals surface area contributed by atoms with Gasteiger partial charge in [0.2, 0.25) is 0 Å². The fourth-order valence-electron chi connectivity index (χ4n) is 5.53. The van der Waals surface area contributed by atoms with E-state index in [0.29, 0.717) is 10.8 Å². The molecule has 0 aliphatic heterocycles. The van der Waals surface area contributed by atoms with Crippen molar-refractivity contribution in [3.05, 3.63) is 4.85 Å². The molecule has 4 fully saturated rings. The summed E-state index contributed by atoms with van der Waals surface area (Å²) in [5.41, 5.74) is 1.27. The summed E-state index contributed by atoms with van der Waals surface area (Å²) in [5, 5.41) is 0. The molecule has 0 radical (unpaired) electrons. The Hall–Kier alpha value is -0.510. The Bertz CT molecular complexity index is 307. The zero-order valence-electron chi connectivity index (χ0n) is 9.34. The van der Waals surface area contributed by atoms with Crippen LogP contribution < -0.4 is 0 Å². The minimum absolute atomic E-state index is 0.170. The fourth-order valence-corrected chi connectivity index (χ4v) is 5.53. The van der Waals surface area contributed by atoms with Crippen molar-refractivity contribution in [2.24, 2.45) is 16.7 Å². The van der Waals surface area contributed by atoms with Gasteiger partial charge in [-0.3, -0.25) is 0 Å². The lowest BCUT2D eigenvalue weighted by Crippen LogP contribution is -2.57. The van der Waals surface area contributed by atoms with Gasteiger partial charge in [0.1, 0.15) is 0 Å². The van der Waals surface area contributed by atoms with Gasteiger partial charge >= 0.3 is 0 Å². The summed E-state index contributed by atoms with van der Waals surface area (Å²) in [7, 11) is 0. The molecule has 4 saturated carbocycles. The van der Waals surface area contributed by atoms with Crippen LogP contribution >= 0.6 is 0 Å². The van der Waals surface area contributed by atoms with Crippen molar-refractivity contribution in [1.82, 2.24) is 0 Å². The van der Waals surface area contributed by atoms with Gasteiger partial charge in [-0.1, -0.05) is 18.7 Å². The van der Waals surface area contributed by atoms with Crippen LogP contribution in [0.2, 0.25) is 0 Å². The van der Waals surface area contributed by atoms with E-state index < -0.39 is 0 Å². The van der Waals surface area contributed by atoms with Gasteiger partial charge in [-0.05, 0) is 36.0 Å².